The number of likely N-dealkylation sites (tertiary alicyclic amines) is 1. The van der Waals surface area contributed by atoms with Gasteiger partial charge in [0.25, 0.3) is 11.8 Å². The van der Waals surface area contributed by atoms with Gasteiger partial charge in [0.05, 0.1) is 24.8 Å². The molecule has 2 aromatic rings. The summed E-state index contributed by atoms with van der Waals surface area (Å²) < 4.78 is 0. The molecule has 2 atom stereocenters. The molecule has 2 heterocycles. The van der Waals surface area contributed by atoms with E-state index in [0.29, 0.717) is 5.56 Å². The second-order valence-corrected chi connectivity index (χ2v) is 8.32. The number of benzene rings is 2. The average molecular weight is 383 g/mol. The lowest BCUT2D eigenvalue weighted by atomic mass is 10.1. The number of hydrogen-bond acceptors (Lipinski definition) is 3. The first-order valence-corrected chi connectivity index (χ1v) is 10.3. The third-order valence-corrected chi connectivity index (χ3v) is 6.64. The minimum Gasteiger partial charge on any atom is -0.346 e. The Balaban J connectivity index is 1.47. The van der Waals surface area contributed by atoms with Crippen LogP contribution >= 0.6 is 11.8 Å². The molecule has 140 valence electrons. The van der Waals surface area contributed by atoms with Crippen LogP contribution < -0.4 is 15.5 Å². The molecule has 1 fully saturated rings. The molecule has 2 unspecified atom stereocenters. The molecule has 3 N–H and O–H groups in total. The summed E-state index contributed by atoms with van der Waals surface area (Å²) in [7, 11) is 0. The summed E-state index contributed by atoms with van der Waals surface area (Å²) >= 11 is 1.61. The van der Waals surface area contributed by atoms with Gasteiger partial charge in [-0.2, -0.15) is 0 Å². The Bertz CT molecular complexity index is 850. The Hall–Kier alpha value is -2.31. The highest BCUT2D eigenvalue weighted by molar-refractivity contribution is 8.00. The second kappa shape index (κ2) is 7.74. The summed E-state index contributed by atoms with van der Waals surface area (Å²) in [5.74, 6) is -0.0969. The predicted molar refractivity (Wildman–Crippen MR) is 107 cm³/mol. The summed E-state index contributed by atoms with van der Waals surface area (Å²) in [6.07, 6.45) is 2.37. The smallest absolute Gasteiger partial charge is 0.294 e. The molecule has 6 heteroatoms. The van der Waals surface area contributed by atoms with Crippen molar-refractivity contribution in [3.63, 3.8) is 0 Å². The summed E-state index contributed by atoms with van der Waals surface area (Å²) in [6, 6.07) is 15.4. The van der Waals surface area contributed by atoms with Crippen LogP contribution in [0.15, 0.2) is 53.4 Å². The van der Waals surface area contributed by atoms with E-state index in [9.17, 15) is 9.59 Å². The predicted octanol–water partition coefficient (Wildman–Crippen LogP) is 2.23. The van der Waals surface area contributed by atoms with Crippen LogP contribution in [0, 0.1) is 0 Å². The number of anilines is 1. The van der Waals surface area contributed by atoms with Crippen LogP contribution in [0.25, 0.3) is 0 Å². The van der Waals surface area contributed by atoms with Crippen LogP contribution in [0.2, 0.25) is 0 Å². The van der Waals surface area contributed by atoms with Gasteiger partial charge in [-0.1, -0.05) is 42.1 Å². The minimum absolute atomic E-state index is 0.0413. The highest BCUT2D eigenvalue weighted by Crippen LogP contribution is 2.34. The molecule has 5 nitrogen and oxygen atoms in total. The lowest BCUT2D eigenvalue weighted by Crippen LogP contribution is -3.14. The summed E-state index contributed by atoms with van der Waals surface area (Å²) in [5.41, 5.74) is 2.35. The summed E-state index contributed by atoms with van der Waals surface area (Å²) in [4.78, 5) is 27.6. The third-order valence-electron chi connectivity index (χ3n) is 5.25. The zero-order chi connectivity index (χ0) is 18.8. The van der Waals surface area contributed by atoms with Crippen LogP contribution in [0.4, 0.5) is 5.69 Å². The van der Waals surface area contributed by atoms with Gasteiger partial charge >= 0.3 is 0 Å². The van der Waals surface area contributed by atoms with E-state index in [1.165, 1.54) is 17.7 Å². The number of hydrogen-bond donors (Lipinski definition) is 3. The van der Waals surface area contributed by atoms with Crippen molar-refractivity contribution in [1.29, 1.82) is 0 Å². The van der Waals surface area contributed by atoms with E-state index in [1.54, 1.807) is 17.8 Å². The molecule has 2 aliphatic rings. The maximum atomic E-state index is 12.6. The monoisotopic (exact) mass is 382 g/mol. The van der Waals surface area contributed by atoms with Gasteiger partial charge in [-0.05, 0) is 30.7 Å². The Morgan fingerprint density at radius 3 is 2.67 bits per heavy atom. The van der Waals surface area contributed by atoms with Crippen molar-refractivity contribution in [2.45, 2.75) is 36.1 Å². The number of amides is 2. The van der Waals surface area contributed by atoms with Crippen molar-refractivity contribution >= 4 is 29.3 Å². The first kappa shape index (κ1) is 18.1. The van der Waals surface area contributed by atoms with Gasteiger partial charge in [-0.15, -0.1) is 0 Å². The van der Waals surface area contributed by atoms with Gasteiger partial charge < -0.3 is 15.5 Å². The molecule has 2 aliphatic heterocycles. The molecule has 0 bridgehead atoms. The van der Waals surface area contributed by atoms with Crippen molar-refractivity contribution in [1.82, 2.24) is 5.32 Å². The Morgan fingerprint density at radius 2 is 1.93 bits per heavy atom. The molecule has 0 aromatic heterocycles. The molecule has 1 saturated heterocycles. The molecule has 0 radical (unpaired) electrons. The number of carbonyl (C=O) groups is 2. The zero-order valence-electron chi connectivity index (χ0n) is 15.3. The highest BCUT2D eigenvalue weighted by Gasteiger charge is 2.37. The number of nitrogens with one attached hydrogen (secondary N) is 3. The van der Waals surface area contributed by atoms with Crippen molar-refractivity contribution < 1.29 is 14.5 Å². The summed E-state index contributed by atoms with van der Waals surface area (Å²) in [5, 5.41) is 5.94. The van der Waals surface area contributed by atoms with Gasteiger partial charge in [0.1, 0.15) is 0 Å². The van der Waals surface area contributed by atoms with Crippen LogP contribution in [-0.4, -0.2) is 30.3 Å². The van der Waals surface area contributed by atoms with E-state index >= 15 is 0 Å². The van der Waals surface area contributed by atoms with Crippen molar-refractivity contribution in [2.24, 2.45) is 0 Å². The van der Waals surface area contributed by atoms with Gasteiger partial charge in [0.15, 0.2) is 0 Å². The maximum Gasteiger partial charge on any atom is 0.294 e. The number of fused-ring (bicyclic) bond motifs is 1. The molecule has 0 saturated carbocycles. The third kappa shape index (κ3) is 3.87. The quantitative estimate of drug-likeness (QED) is 0.760. The first-order valence-electron chi connectivity index (χ1n) is 9.44. The molecular formula is C21H24N3O2S+. The van der Waals surface area contributed by atoms with E-state index in [1.807, 2.05) is 49.4 Å². The van der Waals surface area contributed by atoms with E-state index in [2.05, 4.69) is 10.6 Å². The van der Waals surface area contributed by atoms with E-state index in [4.69, 9.17) is 0 Å². The lowest BCUT2D eigenvalue weighted by Gasteiger charge is -2.28. The molecular weight excluding hydrogens is 358 g/mol. The van der Waals surface area contributed by atoms with Gasteiger partial charge in [0, 0.05) is 23.3 Å². The van der Waals surface area contributed by atoms with Crippen LogP contribution in [0.3, 0.4) is 0 Å². The normalized spacial score (nSPS) is 20.6. The molecule has 27 heavy (non-hydrogen) atoms. The molecule has 2 amide bonds. The van der Waals surface area contributed by atoms with Crippen LogP contribution in [0.1, 0.15) is 41.7 Å². The number of thioether (sulfide) groups is 1. The van der Waals surface area contributed by atoms with Crippen LogP contribution in [0.5, 0.6) is 0 Å². The average Bonchev–Trinajstić information content (AvgIpc) is 3.22. The largest absolute Gasteiger partial charge is 0.346 e. The minimum atomic E-state index is -0.138. The van der Waals surface area contributed by atoms with Gasteiger partial charge in [-0.3, -0.25) is 9.59 Å². The molecule has 4 rings (SSSR count). The summed E-state index contributed by atoms with van der Waals surface area (Å²) in [6.45, 7) is 4.07. The van der Waals surface area contributed by atoms with Crippen molar-refractivity contribution in [3.05, 3.63) is 59.7 Å². The number of rotatable bonds is 4. The Kier molecular flexibility index (Phi) is 5.18. The highest BCUT2D eigenvalue weighted by atomic mass is 32.2. The Labute approximate surface area is 163 Å². The zero-order valence-corrected chi connectivity index (χ0v) is 16.1. The fraction of sp³-hybridized carbons (Fsp3) is 0.333. The van der Waals surface area contributed by atoms with Gasteiger partial charge in [0.2, 0.25) is 5.37 Å². The van der Waals surface area contributed by atoms with Crippen LogP contribution in [-0.2, 0) is 4.79 Å². The second-order valence-electron chi connectivity index (χ2n) is 7.17. The number of quaternary nitrogens is 1. The Morgan fingerprint density at radius 1 is 1.19 bits per heavy atom. The van der Waals surface area contributed by atoms with E-state index < -0.39 is 0 Å². The molecule has 0 spiro atoms. The molecule has 0 aliphatic carbocycles. The fourth-order valence-electron chi connectivity index (χ4n) is 3.72. The topological polar surface area (TPSA) is 62.6 Å². The standard InChI is InChI=1S/C21H23N3O2S/c1-14(15-7-3-2-4-8-15)22-19(25)16-9-10-18-17(13-16)23-20(26)21(27-18)24-11-5-6-12-24/h2-4,7-10,13-14,21H,5-6,11-12H2,1H3,(H,22,25)(H,23,26)/p+1. The van der Waals surface area contributed by atoms with E-state index in [-0.39, 0.29) is 23.2 Å². The number of carbonyl (C=O) groups excluding carboxylic acids is 2. The molecule has 2 aromatic carbocycles. The van der Waals surface area contributed by atoms with Crippen molar-refractivity contribution in [3.8, 4) is 0 Å². The first-order chi connectivity index (χ1) is 13.1. The maximum absolute atomic E-state index is 12.6. The lowest BCUT2D eigenvalue weighted by molar-refractivity contribution is -0.888. The fourth-order valence-corrected chi connectivity index (χ4v) is 4.92. The van der Waals surface area contributed by atoms with E-state index in [0.717, 1.165) is 29.2 Å². The van der Waals surface area contributed by atoms with Gasteiger partial charge in [-0.25, -0.2) is 0 Å². The van der Waals surface area contributed by atoms with Crippen molar-refractivity contribution in [2.75, 3.05) is 18.4 Å². The SMILES string of the molecule is CC(NC(=O)c1ccc2c(c1)NC(=O)C([NH+]1CCCC1)S2)c1ccccc1.